The van der Waals surface area contributed by atoms with E-state index in [9.17, 15) is 19.7 Å². The van der Waals surface area contributed by atoms with E-state index in [-0.39, 0.29) is 12.2 Å². The highest BCUT2D eigenvalue weighted by atomic mass is 16.6. The molecule has 0 unspecified atom stereocenters. The molecular weight excluding hydrogens is 276 g/mol. The van der Waals surface area contributed by atoms with Gasteiger partial charge in [-0.2, -0.15) is 0 Å². The van der Waals surface area contributed by atoms with Crippen LogP contribution in [0.25, 0.3) is 6.08 Å². The lowest BCUT2D eigenvalue weighted by Gasteiger charge is -2.16. The zero-order valence-corrected chi connectivity index (χ0v) is 11.1. The number of hydrogen-bond donors (Lipinski definition) is 1. The predicted octanol–water partition coefficient (Wildman–Crippen LogP) is 1.71. The highest BCUT2D eigenvalue weighted by Gasteiger charge is 2.12. The molecule has 21 heavy (non-hydrogen) atoms. The van der Waals surface area contributed by atoms with Crippen LogP contribution in [0.2, 0.25) is 0 Å². The number of nitrogens with zero attached hydrogens (tertiary/aromatic N) is 2. The summed E-state index contributed by atoms with van der Waals surface area (Å²) in [6, 6.07) is 5.64. The van der Waals surface area contributed by atoms with Gasteiger partial charge in [0.25, 0.3) is 5.69 Å². The van der Waals surface area contributed by atoms with Crippen molar-refractivity contribution in [2.75, 3.05) is 13.1 Å². The topological polar surface area (TPSA) is 101 Å². The number of benzene rings is 1. The Bertz CT molecular complexity index is 578. The largest absolute Gasteiger partial charge is 0.480 e. The van der Waals surface area contributed by atoms with Gasteiger partial charge in [-0.15, -0.1) is 6.58 Å². The standard InChI is InChI=1S/C14H14N2O5/c1-2-9-15(10-14(18)19)13(17)8-5-11-3-6-12(7-4-11)16(20)21/h2-8H,1,9-10H2,(H,18,19). The molecule has 0 radical (unpaired) electrons. The van der Waals surface area contributed by atoms with Crippen LogP contribution in [0, 0.1) is 10.1 Å². The zero-order valence-electron chi connectivity index (χ0n) is 11.1. The molecule has 1 aromatic rings. The number of nitro benzene ring substituents is 1. The van der Waals surface area contributed by atoms with E-state index in [1.165, 1.54) is 42.5 Å². The van der Waals surface area contributed by atoms with Gasteiger partial charge in [0.05, 0.1) is 4.92 Å². The van der Waals surface area contributed by atoms with Crippen molar-refractivity contribution in [2.45, 2.75) is 0 Å². The van der Waals surface area contributed by atoms with Crippen LogP contribution in [0.1, 0.15) is 5.56 Å². The highest BCUT2D eigenvalue weighted by Crippen LogP contribution is 2.12. The molecule has 0 fully saturated rings. The molecule has 110 valence electrons. The number of carbonyl (C=O) groups is 2. The van der Waals surface area contributed by atoms with E-state index in [1.54, 1.807) is 0 Å². The van der Waals surface area contributed by atoms with Gasteiger partial charge in [-0.25, -0.2) is 0 Å². The first-order chi connectivity index (χ1) is 9.93. The van der Waals surface area contributed by atoms with Crippen LogP contribution in [0.15, 0.2) is 43.0 Å². The van der Waals surface area contributed by atoms with Gasteiger partial charge in [0.2, 0.25) is 5.91 Å². The van der Waals surface area contributed by atoms with Gasteiger partial charge in [-0.05, 0) is 23.8 Å². The van der Waals surface area contributed by atoms with Crippen LogP contribution in [0.3, 0.4) is 0 Å². The van der Waals surface area contributed by atoms with Gasteiger partial charge in [-0.3, -0.25) is 19.7 Å². The summed E-state index contributed by atoms with van der Waals surface area (Å²) in [4.78, 5) is 33.6. The maximum absolute atomic E-state index is 11.8. The minimum Gasteiger partial charge on any atom is -0.480 e. The van der Waals surface area contributed by atoms with E-state index < -0.39 is 23.3 Å². The SMILES string of the molecule is C=CCN(CC(=O)O)C(=O)C=Cc1ccc([N+](=O)[O-])cc1. The molecule has 0 spiro atoms. The third-order valence-corrected chi connectivity index (χ3v) is 2.51. The average molecular weight is 290 g/mol. The summed E-state index contributed by atoms with van der Waals surface area (Å²) in [7, 11) is 0. The molecule has 7 heteroatoms. The molecule has 0 saturated carbocycles. The number of aliphatic carboxylic acids is 1. The Labute approximate surface area is 121 Å². The molecule has 0 heterocycles. The van der Waals surface area contributed by atoms with Crippen LogP contribution in [-0.4, -0.2) is 39.9 Å². The number of carboxylic acid groups (broad SMARTS) is 1. The maximum atomic E-state index is 11.8. The Kier molecular flexibility index (Phi) is 5.81. The van der Waals surface area contributed by atoms with E-state index in [4.69, 9.17) is 5.11 Å². The molecule has 0 aromatic heterocycles. The number of hydrogen-bond acceptors (Lipinski definition) is 4. The average Bonchev–Trinajstić information content (AvgIpc) is 2.44. The Morgan fingerprint density at radius 2 is 1.95 bits per heavy atom. The number of carboxylic acids is 1. The smallest absolute Gasteiger partial charge is 0.323 e. The van der Waals surface area contributed by atoms with Crippen molar-refractivity contribution in [3.63, 3.8) is 0 Å². The van der Waals surface area contributed by atoms with E-state index in [0.717, 1.165) is 4.90 Å². The molecule has 1 amide bonds. The number of rotatable bonds is 7. The predicted molar refractivity (Wildman–Crippen MR) is 76.5 cm³/mol. The first-order valence-electron chi connectivity index (χ1n) is 5.98. The lowest BCUT2D eigenvalue weighted by Crippen LogP contribution is -2.34. The summed E-state index contributed by atoms with van der Waals surface area (Å²) in [5.74, 6) is -1.59. The molecule has 0 aliphatic heterocycles. The summed E-state index contributed by atoms with van der Waals surface area (Å²) in [6.07, 6.45) is 4.11. The van der Waals surface area contributed by atoms with Crippen LogP contribution in [0.4, 0.5) is 5.69 Å². The van der Waals surface area contributed by atoms with Gasteiger partial charge in [0.15, 0.2) is 0 Å². The molecule has 0 saturated heterocycles. The van der Waals surface area contributed by atoms with Crippen LogP contribution in [-0.2, 0) is 9.59 Å². The Hall–Kier alpha value is -2.96. The molecule has 1 N–H and O–H groups in total. The van der Waals surface area contributed by atoms with Crippen molar-refractivity contribution in [1.29, 1.82) is 0 Å². The van der Waals surface area contributed by atoms with Gasteiger partial charge < -0.3 is 10.0 Å². The number of carbonyl (C=O) groups excluding carboxylic acids is 1. The normalized spacial score (nSPS) is 10.3. The summed E-state index contributed by atoms with van der Waals surface area (Å²) in [5, 5.41) is 19.2. The van der Waals surface area contributed by atoms with Crippen LogP contribution in [0.5, 0.6) is 0 Å². The summed E-state index contributed by atoms with van der Waals surface area (Å²) >= 11 is 0. The number of non-ortho nitro benzene ring substituents is 1. The fourth-order valence-corrected chi connectivity index (χ4v) is 1.53. The fraction of sp³-hybridized carbons (Fsp3) is 0.143. The van der Waals surface area contributed by atoms with Gasteiger partial charge in [0, 0.05) is 24.8 Å². The minimum absolute atomic E-state index is 0.0439. The van der Waals surface area contributed by atoms with Gasteiger partial charge in [-0.1, -0.05) is 6.08 Å². The van der Waals surface area contributed by atoms with E-state index in [2.05, 4.69) is 6.58 Å². The van der Waals surface area contributed by atoms with Crippen molar-refractivity contribution < 1.29 is 19.6 Å². The third-order valence-electron chi connectivity index (χ3n) is 2.51. The van der Waals surface area contributed by atoms with Crippen molar-refractivity contribution >= 4 is 23.6 Å². The zero-order chi connectivity index (χ0) is 15.8. The lowest BCUT2D eigenvalue weighted by molar-refractivity contribution is -0.384. The molecule has 1 aromatic carbocycles. The Balaban J connectivity index is 2.77. The number of nitro groups is 1. The second-order valence-corrected chi connectivity index (χ2v) is 4.08. The molecular formula is C14H14N2O5. The summed E-state index contributed by atoms with van der Waals surface area (Å²) in [6.45, 7) is 3.16. The first-order valence-corrected chi connectivity index (χ1v) is 5.98. The maximum Gasteiger partial charge on any atom is 0.323 e. The van der Waals surface area contributed by atoms with Crippen LogP contribution < -0.4 is 0 Å². The summed E-state index contributed by atoms with van der Waals surface area (Å²) < 4.78 is 0. The Morgan fingerprint density at radius 1 is 1.33 bits per heavy atom. The van der Waals surface area contributed by atoms with E-state index in [1.807, 2.05) is 0 Å². The quantitative estimate of drug-likeness (QED) is 0.356. The van der Waals surface area contributed by atoms with Crippen molar-refractivity contribution in [3.8, 4) is 0 Å². The van der Waals surface area contributed by atoms with E-state index in [0.29, 0.717) is 5.56 Å². The monoisotopic (exact) mass is 290 g/mol. The fourth-order valence-electron chi connectivity index (χ4n) is 1.53. The minimum atomic E-state index is -1.12. The molecule has 0 aliphatic carbocycles. The van der Waals surface area contributed by atoms with Crippen molar-refractivity contribution in [2.24, 2.45) is 0 Å². The van der Waals surface area contributed by atoms with Crippen LogP contribution >= 0.6 is 0 Å². The molecule has 0 aliphatic rings. The highest BCUT2D eigenvalue weighted by molar-refractivity contribution is 5.93. The lowest BCUT2D eigenvalue weighted by atomic mass is 10.2. The Morgan fingerprint density at radius 3 is 2.43 bits per heavy atom. The molecule has 0 atom stereocenters. The van der Waals surface area contributed by atoms with Gasteiger partial charge in [0.1, 0.15) is 6.54 Å². The summed E-state index contributed by atoms with van der Waals surface area (Å²) in [5.41, 5.74) is 0.556. The van der Waals surface area contributed by atoms with Gasteiger partial charge >= 0.3 is 5.97 Å². The number of amides is 1. The second-order valence-electron chi connectivity index (χ2n) is 4.08. The van der Waals surface area contributed by atoms with E-state index >= 15 is 0 Å². The third kappa shape index (κ3) is 5.27. The van der Waals surface area contributed by atoms with Crippen molar-refractivity contribution in [3.05, 3.63) is 58.7 Å². The first kappa shape index (κ1) is 16.1. The molecule has 7 nitrogen and oxygen atoms in total. The second kappa shape index (κ2) is 7.59. The van der Waals surface area contributed by atoms with Crippen molar-refractivity contribution in [1.82, 2.24) is 4.90 Å². The molecule has 0 bridgehead atoms. The molecule has 1 rings (SSSR count).